The maximum atomic E-state index is 12.1. The number of amides is 2. The largest absolute Gasteiger partial charge is 0.481 e. The molecule has 0 radical (unpaired) electrons. The molecule has 0 aromatic heterocycles. The summed E-state index contributed by atoms with van der Waals surface area (Å²) >= 11 is 1.76. The molecule has 0 aliphatic carbocycles. The van der Waals surface area contributed by atoms with Crippen LogP contribution in [-0.4, -0.2) is 53.6 Å². The van der Waals surface area contributed by atoms with Crippen LogP contribution < -0.4 is 5.32 Å². The van der Waals surface area contributed by atoms with Crippen LogP contribution in [0.25, 0.3) is 0 Å². The molecular weight excluding hydrogens is 276 g/mol. The number of carbonyl (C=O) groups excluding carboxylic acids is 1. The molecule has 0 aromatic rings. The van der Waals surface area contributed by atoms with Gasteiger partial charge in [0.25, 0.3) is 0 Å². The van der Waals surface area contributed by atoms with E-state index in [1.54, 1.807) is 16.7 Å². The van der Waals surface area contributed by atoms with Crippen molar-refractivity contribution in [3.63, 3.8) is 0 Å². The van der Waals surface area contributed by atoms with Gasteiger partial charge in [0.2, 0.25) is 0 Å². The van der Waals surface area contributed by atoms with E-state index in [0.717, 1.165) is 25.0 Å². The molecule has 5 nitrogen and oxygen atoms in total. The van der Waals surface area contributed by atoms with E-state index in [1.807, 2.05) is 13.2 Å². The van der Waals surface area contributed by atoms with Crippen molar-refractivity contribution in [1.82, 2.24) is 10.2 Å². The topological polar surface area (TPSA) is 69.6 Å². The van der Waals surface area contributed by atoms with Crippen molar-refractivity contribution in [2.45, 2.75) is 39.0 Å². The van der Waals surface area contributed by atoms with Crippen LogP contribution in [0.1, 0.15) is 39.0 Å². The molecule has 1 aliphatic heterocycles. The summed E-state index contributed by atoms with van der Waals surface area (Å²) in [5.74, 6) is 0.258. The van der Waals surface area contributed by atoms with E-state index in [-0.39, 0.29) is 6.03 Å². The lowest BCUT2D eigenvalue weighted by molar-refractivity contribution is -0.152. The smallest absolute Gasteiger partial charge is 0.317 e. The average Bonchev–Trinajstić information content (AvgIpc) is 2.44. The quantitative estimate of drug-likeness (QED) is 0.709. The summed E-state index contributed by atoms with van der Waals surface area (Å²) in [4.78, 5) is 25.3. The summed E-state index contributed by atoms with van der Waals surface area (Å²) in [5, 5.41) is 12.4. The molecule has 1 heterocycles. The van der Waals surface area contributed by atoms with Crippen molar-refractivity contribution in [2.24, 2.45) is 5.41 Å². The second-order valence-corrected chi connectivity index (χ2v) is 6.42. The Kier molecular flexibility index (Phi) is 7.19. The van der Waals surface area contributed by atoms with E-state index >= 15 is 0 Å². The standard InChI is InChI=1S/C14H26N2O3S/c1-3-6-14(12(17)18)7-4-9-16(11-14)13(19)15-8-5-10-20-2/h3-11H2,1-2H3,(H,15,19)(H,17,18). The van der Waals surface area contributed by atoms with Gasteiger partial charge in [-0.2, -0.15) is 11.8 Å². The number of thioether (sulfide) groups is 1. The fraction of sp³-hybridized carbons (Fsp3) is 0.857. The fourth-order valence-electron chi connectivity index (χ4n) is 2.79. The van der Waals surface area contributed by atoms with Crippen molar-refractivity contribution >= 4 is 23.8 Å². The first kappa shape index (κ1) is 17.1. The first-order valence-corrected chi connectivity index (χ1v) is 8.70. The highest BCUT2D eigenvalue weighted by atomic mass is 32.2. The Balaban J connectivity index is 2.54. The van der Waals surface area contributed by atoms with Gasteiger partial charge in [-0.05, 0) is 37.7 Å². The minimum atomic E-state index is -0.765. The number of piperidine rings is 1. The maximum absolute atomic E-state index is 12.1. The van der Waals surface area contributed by atoms with E-state index in [4.69, 9.17) is 0 Å². The number of carboxylic acids is 1. The van der Waals surface area contributed by atoms with Crippen LogP contribution >= 0.6 is 11.8 Å². The zero-order valence-corrected chi connectivity index (χ0v) is 13.3. The normalized spacial score (nSPS) is 22.6. The van der Waals surface area contributed by atoms with Gasteiger partial charge in [0.1, 0.15) is 0 Å². The minimum absolute atomic E-state index is 0.118. The molecule has 116 valence electrons. The lowest BCUT2D eigenvalue weighted by Gasteiger charge is -2.39. The zero-order valence-electron chi connectivity index (χ0n) is 12.5. The second-order valence-electron chi connectivity index (χ2n) is 5.44. The molecule has 6 heteroatoms. The molecule has 1 unspecified atom stereocenters. The molecule has 0 bridgehead atoms. The van der Waals surface area contributed by atoms with Gasteiger partial charge in [0.05, 0.1) is 5.41 Å². The molecular formula is C14H26N2O3S. The number of likely N-dealkylation sites (tertiary alicyclic amines) is 1. The van der Waals surface area contributed by atoms with Crippen molar-refractivity contribution in [3.05, 3.63) is 0 Å². The van der Waals surface area contributed by atoms with Crippen molar-refractivity contribution in [2.75, 3.05) is 31.6 Å². The first-order chi connectivity index (χ1) is 9.55. The molecule has 1 fully saturated rings. The van der Waals surface area contributed by atoms with Gasteiger partial charge in [0.15, 0.2) is 0 Å². The SMILES string of the molecule is CCCC1(C(=O)O)CCCN(C(=O)NCCCSC)C1. The van der Waals surface area contributed by atoms with Crippen LogP contribution in [0.3, 0.4) is 0 Å². The number of rotatable bonds is 7. The summed E-state index contributed by atoms with van der Waals surface area (Å²) in [6.45, 7) is 3.65. The van der Waals surface area contributed by atoms with Crippen LogP contribution in [0.4, 0.5) is 4.79 Å². The predicted octanol–water partition coefficient (Wildman–Crippen LogP) is 2.42. The number of nitrogens with one attached hydrogen (secondary N) is 1. The first-order valence-electron chi connectivity index (χ1n) is 7.31. The predicted molar refractivity (Wildman–Crippen MR) is 82.2 cm³/mol. The highest BCUT2D eigenvalue weighted by molar-refractivity contribution is 7.98. The molecule has 2 N–H and O–H groups in total. The monoisotopic (exact) mass is 302 g/mol. The number of carbonyl (C=O) groups is 2. The number of hydrogen-bond acceptors (Lipinski definition) is 3. The summed E-state index contributed by atoms with van der Waals surface area (Å²) < 4.78 is 0. The molecule has 2 amide bonds. The van der Waals surface area contributed by atoms with Gasteiger partial charge in [-0.3, -0.25) is 4.79 Å². The molecule has 1 rings (SSSR count). The summed E-state index contributed by atoms with van der Waals surface area (Å²) in [6, 6.07) is -0.118. The molecule has 1 aliphatic rings. The van der Waals surface area contributed by atoms with Crippen molar-refractivity contribution in [1.29, 1.82) is 0 Å². The van der Waals surface area contributed by atoms with Gasteiger partial charge in [-0.25, -0.2) is 4.79 Å². The summed E-state index contributed by atoms with van der Waals surface area (Å²) in [5.41, 5.74) is -0.746. The van der Waals surface area contributed by atoms with Crippen LogP contribution in [0, 0.1) is 5.41 Å². The summed E-state index contributed by atoms with van der Waals surface area (Å²) in [6.07, 6.45) is 5.89. The highest BCUT2D eigenvalue weighted by Gasteiger charge is 2.42. The maximum Gasteiger partial charge on any atom is 0.317 e. The van der Waals surface area contributed by atoms with E-state index in [1.165, 1.54) is 0 Å². The minimum Gasteiger partial charge on any atom is -0.481 e. The Hall–Kier alpha value is -0.910. The van der Waals surface area contributed by atoms with Gasteiger partial charge >= 0.3 is 12.0 Å². The number of hydrogen-bond donors (Lipinski definition) is 2. The lowest BCUT2D eigenvalue weighted by Crippen LogP contribution is -2.52. The molecule has 1 saturated heterocycles. The third kappa shape index (κ3) is 4.58. The van der Waals surface area contributed by atoms with Crippen LogP contribution in [-0.2, 0) is 4.79 Å². The Morgan fingerprint density at radius 1 is 1.45 bits per heavy atom. The van der Waals surface area contributed by atoms with E-state index in [9.17, 15) is 14.7 Å². The molecule has 0 spiro atoms. The second kappa shape index (κ2) is 8.39. The van der Waals surface area contributed by atoms with Crippen molar-refractivity contribution in [3.8, 4) is 0 Å². The van der Waals surface area contributed by atoms with Gasteiger partial charge in [-0.1, -0.05) is 13.3 Å². The fourth-order valence-corrected chi connectivity index (χ4v) is 3.23. The molecule has 1 atom stereocenters. The molecule has 0 aromatic carbocycles. The highest BCUT2D eigenvalue weighted by Crippen LogP contribution is 2.35. The number of aliphatic carboxylic acids is 1. The van der Waals surface area contributed by atoms with Gasteiger partial charge < -0.3 is 15.3 Å². The molecule has 20 heavy (non-hydrogen) atoms. The third-order valence-electron chi connectivity index (χ3n) is 3.85. The van der Waals surface area contributed by atoms with E-state index in [0.29, 0.717) is 32.5 Å². The Bertz CT molecular complexity index is 334. The molecule has 0 saturated carbocycles. The van der Waals surface area contributed by atoms with Crippen LogP contribution in [0.5, 0.6) is 0 Å². The number of nitrogens with zero attached hydrogens (tertiary/aromatic N) is 1. The number of urea groups is 1. The zero-order chi connectivity index (χ0) is 15.0. The van der Waals surface area contributed by atoms with E-state index in [2.05, 4.69) is 5.32 Å². The van der Waals surface area contributed by atoms with E-state index < -0.39 is 11.4 Å². The Morgan fingerprint density at radius 2 is 2.20 bits per heavy atom. The lowest BCUT2D eigenvalue weighted by atomic mass is 9.76. The van der Waals surface area contributed by atoms with Crippen molar-refractivity contribution < 1.29 is 14.7 Å². The number of carboxylic acid groups (broad SMARTS) is 1. The van der Waals surface area contributed by atoms with Gasteiger partial charge in [0, 0.05) is 19.6 Å². The Labute approximate surface area is 125 Å². The Morgan fingerprint density at radius 3 is 2.80 bits per heavy atom. The third-order valence-corrected chi connectivity index (χ3v) is 4.54. The average molecular weight is 302 g/mol. The van der Waals surface area contributed by atoms with Crippen LogP contribution in [0.2, 0.25) is 0 Å². The summed E-state index contributed by atoms with van der Waals surface area (Å²) in [7, 11) is 0. The van der Waals surface area contributed by atoms with Crippen LogP contribution in [0.15, 0.2) is 0 Å². The van der Waals surface area contributed by atoms with Gasteiger partial charge in [-0.15, -0.1) is 0 Å².